The van der Waals surface area contributed by atoms with Gasteiger partial charge in [-0.3, -0.25) is 9.78 Å². The molecular weight excluding hydrogens is 278 g/mol. The summed E-state index contributed by atoms with van der Waals surface area (Å²) in [6, 6.07) is 7.96. The van der Waals surface area contributed by atoms with Crippen molar-refractivity contribution in [3.05, 3.63) is 54.1 Å². The Labute approximate surface area is 130 Å². The molecule has 5 nitrogen and oxygen atoms in total. The Morgan fingerprint density at radius 1 is 1.23 bits per heavy atom. The zero-order valence-electron chi connectivity index (χ0n) is 13.0. The summed E-state index contributed by atoms with van der Waals surface area (Å²) in [6.45, 7) is 5.51. The van der Waals surface area contributed by atoms with Crippen molar-refractivity contribution in [3.63, 3.8) is 0 Å². The Balaban J connectivity index is 1.76. The van der Waals surface area contributed by atoms with Crippen molar-refractivity contribution in [2.75, 3.05) is 13.2 Å². The van der Waals surface area contributed by atoms with E-state index in [9.17, 15) is 4.79 Å². The first kappa shape index (κ1) is 15.9. The number of hydrogen-bond donors (Lipinski definition) is 1. The molecule has 0 saturated carbocycles. The second-order valence-electron chi connectivity index (χ2n) is 5.45. The van der Waals surface area contributed by atoms with E-state index in [-0.39, 0.29) is 5.91 Å². The van der Waals surface area contributed by atoms with Gasteiger partial charge in [0.1, 0.15) is 11.4 Å². The summed E-state index contributed by atoms with van der Waals surface area (Å²) in [5.41, 5.74) is 1.48. The minimum Gasteiger partial charge on any atom is -0.493 e. The average Bonchev–Trinajstić information content (AvgIpc) is 2.55. The van der Waals surface area contributed by atoms with Crippen LogP contribution in [0.1, 0.15) is 29.9 Å². The van der Waals surface area contributed by atoms with E-state index in [1.54, 1.807) is 6.20 Å². The Bertz CT molecular complexity index is 583. The molecule has 0 bridgehead atoms. The molecule has 0 aliphatic heterocycles. The van der Waals surface area contributed by atoms with Crippen LogP contribution < -0.4 is 10.1 Å². The van der Waals surface area contributed by atoms with Crippen LogP contribution in [0.3, 0.4) is 0 Å². The Kier molecular flexibility index (Phi) is 5.89. The first-order valence-electron chi connectivity index (χ1n) is 7.41. The monoisotopic (exact) mass is 299 g/mol. The predicted molar refractivity (Wildman–Crippen MR) is 84.8 cm³/mol. The molecular formula is C17H21N3O2. The summed E-state index contributed by atoms with van der Waals surface area (Å²) >= 11 is 0. The smallest absolute Gasteiger partial charge is 0.271 e. The highest BCUT2D eigenvalue weighted by Gasteiger charge is 2.05. The van der Waals surface area contributed by atoms with Gasteiger partial charge in [-0.15, -0.1) is 0 Å². The van der Waals surface area contributed by atoms with Crippen molar-refractivity contribution in [2.45, 2.75) is 20.3 Å². The second-order valence-corrected chi connectivity index (χ2v) is 5.45. The molecule has 1 aromatic carbocycles. The summed E-state index contributed by atoms with van der Waals surface area (Å²) in [7, 11) is 0. The number of nitrogens with one attached hydrogen (secondary N) is 1. The highest BCUT2D eigenvalue weighted by molar-refractivity contribution is 5.91. The summed E-state index contributed by atoms with van der Waals surface area (Å²) in [5.74, 6) is 1.18. The van der Waals surface area contributed by atoms with E-state index < -0.39 is 0 Å². The zero-order valence-corrected chi connectivity index (χ0v) is 13.0. The fourth-order valence-corrected chi connectivity index (χ4v) is 1.84. The number of aromatic nitrogens is 2. The number of nitrogens with zero attached hydrogens (tertiary/aromatic N) is 2. The minimum atomic E-state index is -0.204. The van der Waals surface area contributed by atoms with Crippen molar-refractivity contribution >= 4 is 5.91 Å². The maximum atomic E-state index is 11.8. The number of benzene rings is 1. The largest absolute Gasteiger partial charge is 0.493 e. The van der Waals surface area contributed by atoms with Crippen molar-refractivity contribution in [3.8, 4) is 5.75 Å². The standard InChI is InChI=1S/C17H21N3O2/c1-13(2)12-22-15-5-3-14(4-6-15)7-8-20-17(21)16-11-18-9-10-19-16/h3-6,9-11,13H,7-8,12H2,1-2H3,(H,20,21). The SMILES string of the molecule is CC(C)COc1ccc(CCNC(=O)c2cnccn2)cc1. The lowest BCUT2D eigenvalue weighted by Crippen LogP contribution is -2.26. The second kappa shape index (κ2) is 8.12. The topological polar surface area (TPSA) is 64.1 Å². The van der Waals surface area contributed by atoms with Gasteiger partial charge in [0.2, 0.25) is 0 Å². The molecule has 22 heavy (non-hydrogen) atoms. The van der Waals surface area contributed by atoms with Crippen LogP contribution in [0, 0.1) is 5.92 Å². The first-order valence-corrected chi connectivity index (χ1v) is 7.41. The minimum absolute atomic E-state index is 0.204. The van der Waals surface area contributed by atoms with Crippen molar-refractivity contribution in [2.24, 2.45) is 5.92 Å². The normalized spacial score (nSPS) is 10.5. The molecule has 0 atom stereocenters. The van der Waals surface area contributed by atoms with Gasteiger partial charge < -0.3 is 10.1 Å². The first-order chi connectivity index (χ1) is 10.6. The van der Waals surface area contributed by atoms with Gasteiger partial charge in [-0.05, 0) is 30.0 Å². The lowest BCUT2D eigenvalue weighted by Gasteiger charge is -2.09. The number of ether oxygens (including phenoxy) is 1. The Morgan fingerprint density at radius 2 is 2.00 bits per heavy atom. The number of hydrogen-bond acceptors (Lipinski definition) is 4. The molecule has 0 aliphatic rings. The van der Waals surface area contributed by atoms with Gasteiger partial charge in [-0.1, -0.05) is 26.0 Å². The number of rotatable bonds is 7. The van der Waals surface area contributed by atoms with E-state index in [1.165, 1.54) is 12.4 Å². The molecule has 1 N–H and O–H groups in total. The van der Waals surface area contributed by atoms with Gasteiger partial charge in [0.05, 0.1) is 12.8 Å². The van der Waals surface area contributed by atoms with E-state index >= 15 is 0 Å². The van der Waals surface area contributed by atoms with E-state index in [2.05, 4.69) is 29.1 Å². The maximum Gasteiger partial charge on any atom is 0.271 e. The molecule has 1 amide bonds. The molecule has 0 unspecified atom stereocenters. The van der Waals surface area contributed by atoms with Crippen LogP contribution in [-0.2, 0) is 6.42 Å². The molecule has 0 spiro atoms. The van der Waals surface area contributed by atoms with Crippen LogP contribution in [-0.4, -0.2) is 29.0 Å². The number of amides is 1. The van der Waals surface area contributed by atoms with Crippen LogP contribution in [0.15, 0.2) is 42.9 Å². The third kappa shape index (κ3) is 5.16. The van der Waals surface area contributed by atoms with Crippen molar-refractivity contribution < 1.29 is 9.53 Å². The van der Waals surface area contributed by atoms with Gasteiger partial charge >= 0.3 is 0 Å². The van der Waals surface area contributed by atoms with Gasteiger partial charge in [0.25, 0.3) is 5.91 Å². The highest BCUT2D eigenvalue weighted by atomic mass is 16.5. The molecule has 1 aromatic heterocycles. The summed E-state index contributed by atoms with van der Waals surface area (Å²) < 4.78 is 5.64. The fraction of sp³-hybridized carbons (Fsp3) is 0.353. The van der Waals surface area contributed by atoms with Crippen LogP contribution in [0.2, 0.25) is 0 Å². The highest BCUT2D eigenvalue weighted by Crippen LogP contribution is 2.13. The van der Waals surface area contributed by atoms with Crippen LogP contribution in [0.4, 0.5) is 0 Å². The number of carbonyl (C=O) groups is 1. The van der Waals surface area contributed by atoms with Gasteiger partial charge in [0, 0.05) is 18.9 Å². The van der Waals surface area contributed by atoms with Crippen LogP contribution >= 0.6 is 0 Å². The molecule has 0 aliphatic carbocycles. The Morgan fingerprint density at radius 3 is 2.64 bits per heavy atom. The molecule has 116 valence electrons. The van der Waals surface area contributed by atoms with E-state index in [1.807, 2.05) is 24.3 Å². The lowest BCUT2D eigenvalue weighted by molar-refractivity contribution is 0.0948. The molecule has 2 aromatic rings. The summed E-state index contributed by atoms with van der Waals surface area (Å²) in [4.78, 5) is 19.6. The average molecular weight is 299 g/mol. The van der Waals surface area contributed by atoms with E-state index in [4.69, 9.17) is 4.74 Å². The van der Waals surface area contributed by atoms with Gasteiger partial charge in [-0.2, -0.15) is 0 Å². The van der Waals surface area contributed by atoms with Crippen LogP contribution in [0.25, 0.3) is 0 Å². The quantitative estimate of drug-likeness (QED) is 0.853. The van der Waals surface area contributed by atoms with Gasteiger partial charge in [-0.25, -0.2) is 4.98 Å². The Hall–Kier alpha value is -2.43. The summed E-state index contributed by atoms with van der Waals surface area (Å²) in [6.07, 6.45) is 5.26. The molecule has 0 radical (unpaired) electrons. The third-order valence-electron chi connectivity index (χ3n) is 3.00. The predicted octanol–water partition coefficient (Wildman–Crippen LogP) is 2.48. The molecule has 0 fully saturated rings. The number of carbonyl (C=O) groups excluding carboxylic acids is 1. The van der Waals surface area contributed by atoms with Crippen molar-refractivity contribution in [1.29, 1.82) is 0 Å². The van der Waals surface area contributed by atoms with E-state index in [0.29, 0.717) is 24.8 Å². The van der Waals surface area contributed by atoms with Crippen molar-refractivity contribution in [1.82, 2.24) is 15.3 Å². The fourth-order valence-electron chi connectivity index (χ4n) is 1.84. The van der Waals surface area contributed by atoms with Gasteiger partial charge in [0.15, 0.2) is 0 Å². The van der Waals surface area contributed by atoms with Crippen LogP contribution in [0.5, 0.6) is 5.75 Å². The third-order valence-corrected chi connectivity index (χ3v) is 3.00. The molecule has 0 saturated heterocycles. The molecule has 2 rings (SSSR count). The summed E-state index contributed by atoms with van der Waals surface area (Å²) in [5, 5.41) is 2.83. The van der Waals surface area contributed by atoms with E-state index in [0.717, 1.165) is 17.7 Å². The maximum absolute atomic E-state index is 11.8. The molecule has 5 heteroatoms. The zero-order chi connectivity index (χ0) is 15.8. The molecule has 1 heterocycles. The lowest BCUT2D eigenvalue weighted by atomic mass is 10.1.